The van der Waals surface area contributed by atoms with E-state index in [1.807, 2.05) is 13.8 Å². The molecule has 0 spiro atoms. The molecule has 0 unspecified atom stereocenters. The fourth-order valence-corrected chi connectivity index (χ4v) is 2.11. The lowest BCUT2D eigenvalue weighted by molar-refractivity contribution is -0.140. The predicted molar refractivity (Wildman–Crippen MR) is 82.9 cm³/mol. The molecule has 0 fully saturated rings. The number of benzene rings is 1. The summed E-state index contributed by atoms with van der Waals surface area (Å²) in [6, 6.07) is 7.91. The molecule has 20 heavy (non-hydrogen) atoms. The molecule has 0 amide bonds. The van der Waals surface area contributed by atoms with Crippen LogP contribution in [-0.2, 0) is 16.8 Å². The lowest BCUT2D eigenvalue weighted by atomic mass is 9.87. The summed E-state index contributed by atoms with van der Waals surface area (Å²) in [4.78, 5) is 11.2. The molecule has 0 aliphatic heterocycles. The number of carbonyl (C=O) groups is 1. The van der Waals surface area contributed by atoms with Crippen LogP contribution < -0.4 is 5.32 Å². The topological polar surface area (TPSA) is 49.3 Å². The van der Waals surface area contributed by atoms with E-state index in [4.69, 9.17) is 0 Å². The molecule has 0 saturated carbocycles. The fraction of sp³-hybridized carbons (Fsp3) is 0.588. The Balaban J connectivity index is 2.62. The maximum Gasteiger partial charge on any atom is 0.320 e. The van der Waals surface area contributed by atoms with Crippen LogP contribution in [0.25, 0.3) is 0 Å². The average molecular weight is 277 g/mol. The molecule has 0 aliphatic carbocycles. The highest BCUT2D eigenvalue weighted by Gasteiger charge is 2.18. The minimum absolute atomic E-state index is 0.146. The van der Waals surface area contributed by atoms with Crippen LogP contribution in [0.1, 0.15) is 52.2 Å². The number of rotatable bonds is 6. The molecule has 3 nitrogen and oxygen atoms in total. The first-order valence-corrected chi connectivity index (χ1v) is 7.25. The SMILES string of the molecule is CC(C)C[C@@H](NCc1ccc(C(C)(C)C)cc1)C(=O)O. The second-order valence-electron chi connectivity index (χ2n) is 6.85. The summed E-state index contributed by atoms with van der Waals surface area (Å²) in [5.41, 5.74) is 2.55. The lowest BCUT2D eigenvalue weighted by Crippen LogP contribution is -2.37. The Morgan fingerprint density at radius 2 is 1.75 bits per heavy atom. The summed E-state index contributed by atoms with van der Waals surface area (Å²) in [5.74, 6) is -0.406. The average Bonchev–Trinajstić information content (AvgIpc) is 2.33. The largest absolute Gasteiger partial charge is 0.480 e. The number of aliphatic carboxylic acids is 1. The van der Waals surface area contributed by atoms with Crippen LogP contribution in [0.3, 0.4) is 0 Å². The van der Waals surface area contributed by atoms with Gasteiger partial charge in [0.1, 0.15) is 6.04 Å². The van der Waals surface area contributed by atoms with Crippen molar-refractivity contribution in [3.05, 3.63) is 35.4 Å². The van der Waals surface area contributed by atoms with Gasteiger partial charge in [0, 0.05) is 6.54 Å². The van der Waals surface area contributed by atoms with Gasteiger partial charge in [-0.25, -0.2) is 0 Å². The van der Waals surface area contributed by atoms with E-state index >= 15 is 0 Å². The zero-order valence-corrected chi connectivity index (χ0v) is 13.2. The summed E-state index contributed by atoms with van der Waals surface area (Å²) in [6.07, 6.45) is 0.648. The Morgan fingerprint density at radius 3 is 2.15 bits per heavy atom. The highest BCUT2D eigenvalue weighted by atomic mass is 16.4. The van der Waals surface area contributed by atoms with Crippen molar-refractivity contribution in [2.24, 2.45) is 5.92 Å². The molecular formula is C17H27NO2. The smallest absolute Gasteiger partial charge is 0.320 e. The Morgan fingerprint density at radius 1 is 1.20 bits per heavy atom. The van der Waals surface area contributed by atoms with Crippen molar-refractivity contribution in [2.75, 3.05) is 0 Å². The van der Waals surface area contributed by atoms with Gasteiger partial charge in [0.05, 0.1) is 0 Å². The van der Waals surface area contributed by atoms with Crippen LogP contribution in [0.15, 0.2) is 24.3 Å². The number of carboxylic acids is 1. The van der Waals surface area contributed by atoms with Gasteiger partial charge in [-0.15, -0.1) is 0 Å². The third kappa shape index (κ3) is 5.33. The number of carboxylic acid groups (broad SMARTS) is 1. The van der Waals surface area contributed by atoms with Gasteiger partial charge in [0.2, 0.25) is 0 Å². The van der Waals surface area contributed by atoms with Crippen molar-refractivity contribution in [3.63, 3.8) is 0 Å². The van der Waals surface area contributed by atoms with Gasteiger partial charge in [-0.2, -0.15) is 0 Å². The van der Waals surface area contributed by atoms with Crippen molar-refractivity contribution < 1.29 is 9.90 Å². The highest BCUT2D eigenvalue weighted by molar-refractivity contribution is 5.73. The van der Waals surface area contributed by atoms with E-state index in [-0.39, 0.29) is 5.41 Å². The van der Waals surface area contributed by atoms with Crippen molar-refractivity contribution in [2.45, 2.75) is 59.0 Å². The first kappa shape index (κ1) is 16.7. The Kier molecular flexibility index (Phi) is 5.75. The monoisotopic (exact) mass is 277 g/mol. The van der Waals surface area contributed by atoms with E-state index in [1.165, 1.54) is 5.56 Å². The summed E-state index contributed by atoms with van der Waals surface area (Å²) >= 11 is 0. The molecule has 0 bridgehead atoms. The third-order valence-corrected chi connectivity index (χ3v) is 3.38. The molecule has 0 aliphatic rings. The molecule has 3 heteroatoms. The molecule has 0 radical (unpaired) electrons. The van der Waals surface area contributed by atoms with Gasteiger partial charge in [0.15, 0.2) is 0 Å². The molecule has 1 atom stereocenters. The summed E-state index contributed by atoms with van der Waals surface area (Å²) in [6.45, 7) is 11.2. The Labute approximate surface area is 122 Å². The minimum atomic E-state index is -0.773. The van der Waals surface area contributed by atoms with Crippen LogP contribution in [0.2, 0.25) is 0 Å². The Hall–Kier alpha value is -1.35. The van der Waals surface area contributed by atoms with Gasteiger partial charge in [-0.05, 0) is 28.9 Å². The van der Waals surface area contributed by atoms with Gasteiger partial charge in [-0.1, -0.05) is 58.9 Å². The number of nitrogens with one attached hydrogen (secondary N) is 1. The van der Waals surface area contributed by atoms with Crippen molar-refractivity contribution >= 4 is 5.97 Å². The molecule has 0 heterocycles. The molecule has 112 valence electrons. The van der Waals surface area contributed by atoms with Crippen LogP contribution in [0.5, 0.6) is 0 Å². The van der Waals surface area contributed by atoms with Crippen LogP contribution in [0.4, 0.5) is 0 Å². The summed E-state index contributed by atoms with van der Waals surface area (Å²) in [7, 11) is 0. The molecular weight excluding hydrogens is 250 g/mol. The van der Waals surface area contributed by atoms with E-state index in [0.717, 1.165) is 5.56 Å². The van der Waals surface area contributed by atoms with E-state index in [1.54, 1.807) is 0 Å². The van der Waals surface area contributed by atoms with E-state index < -0.39 is 12.0 Å². The van der Waals surface area contributed by atoms with Crippen molar-refractivity contribution in [1.82, 2.24) is 5.32 Å². The predicted octanol–water partition coefficient (Wildman–Crippen LogP) is 3.57. The quantitative estimate of drug-likeness (QED) is 0.835. The fourth-order valence-electron chi connectivity index (χ4n) is 2.11. The summed E-state index contributed by atoms with van der Waals surface area (Å²) < 4.78 is 0. The second kappa shape index (κ2) is 6.89. The number of hydrogen-bond donors (Lipinski definition) is 2. The van der Waals surface area contributed by atoms with Crippen LogP contribution in [0, 0.1) is 5.92 Å². The van der Waals surface area contributed by atoms with Crippen molar-refractivity contribution in [1.29, 1.82) is 0 Å². The zero-order chi connectivity index (χ0) is 15.3. The molecule has 0 saturated heterocycles. The van der Waals surface area contributed by atoms with Gasteiger partial charge in [0.25, 0.3) is 0 Å². The zero-order valence-electron chi connectivity index (χ0n) is 13.2. The third-order valence-electron chi connectivity index (χ3n) is 3.38. The lowest BCUT2D eigenvalue weighted by Gasteiger charge is -2.20. The molecule has 0 aromatic heterocycles. The maximum absolute atomic E-state index is 11.2. The van der Waals surface area contributed by atoms with E-state index in [2.05, 4.69) is 50.4 Å². The first-order chi connectivity index (χ1) is 9.20. The maximum atomic E-state index is 11.2. The first-order valence-electron chi connectivity index (χ1n) is 7.25. The van der Waals surface area contributed by atoms with Crippen LogP contribution >= 0.6 is 0 Å². The molecule has 2 N–H and O–H groups in total. The number of hydrogen-bond acceptors (Lipinski definition) is 2. The molecule has 1 aromatic rings. The highest BCUT2D eigenvalue weighted by Crippen LogP contribution is 2.22. The van der Waals surface area contributed by atoms with Crippen molar-refractivity contribution in [3.8, 4) is 0 Å². The summed E-state index contributed by atoms with van der Waals surface area (Å²) in [5, 5.41) is 12.3. The molecule has 1 rings (SSSR count). The van der Waals surface area contributed by atoms with E-state index in [0.29, 0.717) is 18.9 Å². The molecule has 1 aromatic carbocycles. The van der Waals surface area contributed by atoms with Gasteiger partial charge in [-0.3, -0.25) is 4.79 Å². The van der Waals surface area contributed by atoms with Crippen LogP contribution in [-0.4, -0.2) is 17.1 Å². The standard InChI is InChI=1S/C17H27NO2/c1-12(2)10-15(16(19)20)18-11-13-6-8-14(9-7-13)17(3,4)5/h6-9,12,15,18H,10-11H2,1-5H3,(H,19,20)/t15-/m1/s1. The van der Waals surface area contributed by atoms with Gasteiger partial charge < -0.3 is 10.4 Å². The Bertz CT molecular complexity index is 429. The normalized spacial score (nSPS) is 13.5. The van der Waals surface area contributed by atoms with E-state index in [9.17, 15) is 9.90 Å². The second-order valence-corrected chi connectivity index (χ2v) is 6.85. The van der Waals surface area contributed by atoms with Gasteiger partial charge >= 0.3 is 5.97 Å². The minimum Gasteiger partial charge on any atom is -0.480 e.